The van der Waals surface area contributed by atoms with E-state index in [-0.39, 0.29) is 12.3 Å². The van der Waals surface area contributed by atoms with Crippen molar-refractivity contribution in [1.82, 2.24) is 4.90 Å². The average Bonchev–Trinajstić information content (AvgIpc) is 2.56. The summed E-state index contributed by atoms with van der Waals surface area (Å²) in [5, 5.41) is 0. The molecule has 4 heteroatoms. The fourth-order valence-corrected chi connectivity index (χ4v) is 2.38. The number of benzene rings is 2. The minimum Gasteiger partial charge on any atom is -0.447 e. The summed E-state index contributed by atoms with van der Waals surface area (Å²) in [4.78, 5) is 26.1. The highest BCUT2D eigenvalue weighted by atomic mass is 16.5. The van der Waals surface area contributed by atoms with Gasteiger partial charge in [-0.15, -0.1) is 0 Å². The largest absolute Gasteiger partial charge is 0.447 e. The van der Waals surface area contributed by atoms with Gasteiger partial charge in [0, 0.05) is 19.7 Å². The van der Waals surface area contributed by atoms with Crippen LogP contribution in [0.3, 0.4) is 0 Å². The zero-order valence-corrected chi connectivity index (χ0v) is 14.6. The monoisotopic (exact) mass is 325 g/mol. The van der Waals surface area contributed by atoms with Gasteiger partial charge in [-0.05, 0) is 30.5 Å². The van der Waals surface area contributed by atoms with Crippen LogP contribution in [0.25, 0.3) is 0 Å². The van der Waals surface area contributed by atoms with Crippen molar-refractivity contribution in [3.05, 3.63) is 70.8 Å². The fraction of sp³-hybridized carbons (Fsp3) is 0.300. The molecule has 0 heterocycles. The maximum Gasteiger partial charge on any atom is 0.311 e. The Bertz CT molecular complexity index is 723. The Hall–Kier alpha value is -2.62. The molecule has 126 valence electrons. The van der Waals surface area contributed by atoms with Crippen molar-refractivity contribution < 1.29 is 14.3 Å². The second-order valence-electron chi connectivity index (χ2n) is 6.11. The van der Waals surface area contributed by atoms with E-state index in [2.05, 4.69) is 0 Å². The fourth-order valence-electron chi connectivity index (χ4n) is 2.38. The smallest absolute Gasteiger partial charge is 0.311 e. The summed E-state index contributed by atoms with van der Waals surface area (Å²) in [7, 11) is 3.30. The molecule has 2 rings (SSSR count). The van der Waals surface area contributed by atoms with Gasteiger partial charge in [-0.1, -0.05) is 48.5 Å². The summed E-state index contributed by atoms with van der Waals surface area (Å²) in [6.07, 6.45) is -0.772. The van der Waals surface area contributed by atoms with Crippen LogP contribution in [0.1, 0.15) is 28.4 Å². The lowest BCUT2D eigenvalue weighted by Gasteiger charge is -2.21. The molecule has 0 saturated heterocycles. The van der Waals surface area contributed by atoms with E-state index in [1.54, 1.807) is 26.2 Å². The minimum absolute atomic E-state index is 0.144. The maximum absolute atomic E-state index is 12.4. The average molecular weight is 325 g/mol. The standard InChI is InChI=1S/C20H23NO3/c1-14-10-11-16(12-15(14)2)13-18(22)24-19(20(23)21(3)4)17-8-6-5-7-9-17/h5-12,19H,13H2,1-4H3/t19-/m1/s1. The van der Waals surface area contributed by atoms with Gasteiger partial charge in [0.2, 0.25) is 6.10 Å². The molecule has 0 spiro atoms. The van der Waals surface area contributed by atoms with E-state index in [1.165, 1.54) is 10.5 Å². The predicted molar refractivity (Wildman–Crippen MR) is 93.6 cm³/mol. The van der Waals surface area contributed by atoms with Crippen molar-refractivity contribution >= 4 is 11.9 Å². The molecule has 0 aromatic heterocycles. The van der Waals surface area contributed by atoms with Gasteiger partial charge >= 0.3 is 5.97 Å². The summed E-state index contributed by atoms with van der Waals surface area (Å²) < 4.78 is 5.50. The van der Waals surface area contributed by atoms with Gasteiger partial charge in [0.05, 0.1) is 6.42 Å². The zero-order valence-electron chi connectivity index (χ0n) is 14.6. The summed E-state index contributed by atoms with van der Waals surface area (Å²) in [6, 6.07) is 14.9. The van der Waals surface area contributed by atoms with Crippen LogP contribution in [0.2, 0.25) is 0 Å². The van der Waals surface area contributed by atoms with E-state index in [1.807, 2.05) is 50.2 Å². The molecule has 2 aromatic rings. The Morgan fingerprint density at radius 3 is 2.25 bits per heavy atom. The number of hydrogen-bond donors (Lipinski definition) is 0. The summed E-state index contributed by atoms with van der Waals surface area (Å²) >= 11 is 0. The van der Waals surface area contributed by atoms with Crippen molar-refractivity contribution in [1.29, 1.82) is 0 Å². The normalized spacial score (nSPS) is 11.7. The van der Waals surface area contributed by atoms with E-state index in [4.69, 9.17) is 4.74 Å². The number of nitrogens with zero attached hydrogens (tertiary/aromatic N) is 1. The predicted octanol–water partition coefficient (Wildman–Crippen LogP) is 3.22. The third kappa shape index (κ3) is 4.44. The lowest BCUT2D eigenvalue weighted by atomic mass is 10.0. The number of ether oxygens (including phenoxy) is 1. The molecule has 0 aliphatic carbocycles. The highest BCUT2D eigenvalue weighted by molar-refractivity contribution is 5.85. The second kappa shape index (κ2) is 7.77. The Balaban J connectivity index is 2.15. The number of carbonyl (C=O) groups excluding carboxylic acids is 2. The van der Waals surface area contributed by atoms with Crippen LogP contribution in [0.15, 0.2) is 48.5 Å². The summed E-state index contributed by atoms with van der Waals surface area (Å²) in [5.74, 6) is -0.669. The van der Waals surface area contributed by atoms with E-state index in [0.29, 0.717) is 5.56 Å². The van der Waals surface area contributed by atoms with E-state index in [9.17, 15) is 9.59 Å². The second-order valence-corrected chi connectivity index (χ2v) is 6.11. The van der Waals surface area contributed by atoms with Gasteiger partial charge in [0.25, 0.3) is 5.91 Å². The molecular formula is C20H23NO3. The topological polar surface area (TPSA) is 46.6 Å². The quantitative estimate of drug-likeness (QED) is 0.793. The number of likely N-dealkylation sites (N-methyl/N-ethyl adjacent to an activating group) is 1. The molecule has 4 nitrogen and oxygen atoms in total. The Labute approximate surface area is 143 Å². The summed E-state index contributed by atoms with van der Waals surface area (Å²) in [6.45, 7) is 4.03. The third-order valence-electron chi connectivity index (χ3n) is 3.94. The van der Waals surface area contributed by atoms with Crippen LogP contribution < -0.4 is 0 Å². The molecule has 0 radical (unpaired) electrons. The lowest BCUT2D eigenvalue weighted by molar-refractivity contribution is -0.159. The highest BCUT2D eigenvalue weighted by Crippen LogP contribution is 2.20. The van der Waals surface area contributed by atoms with Crippen LogP contribution >= 0.6 is 0 Å². The van der Waals surface area contributed by atoms with Gasteiger partial charge in [-0.2, -0.15) is 0 Å². The Morgan fingerprint density at radius 1 is 1.00 bits per heavy atom. The third-order valence-corrected chi connectivity index (χ3v) is 3.94. The minimum atomic E-state index is -0.916. The van der Waals surface area contributed by atoms with E-state index in [0.717, 1.165) is 11.1 Å². The molecule has 1 amide bonds. The molecule has 0 bridgehead atoms. The first-order valence-corrected chi connectivity index (χ1v) is 7.90. The Kier molecular flexibility index (Phi) is 5.74. The van der Waals surface area contributed by atoms with Crippen molar-refractivity contribution in [3.63, 3.8) is 0 Å². The lowest BCUT2D eigenvalue weighted by Crippen LogP contribution is -2.31. The number of hydrogen-bond acceptors (Lipinski definition) is 3. The van der Waals surface area contributed by atoms with Gasteiger partial charge < -0.3 is 9.64 Å². The molecule has 1 atom stereocenters. The molecule has 0 N–H and O–H groups in total. The van der Waals surface area contributed by atoms with Crippen molar-refractivity contribution in [2.24, 2.45) is 0 Å². The number of amides is 1. The van der Waals surface area contributed by atoms with Crippen LogP contribution in [-0.4, -0.2) is 30.9 Å². The first-order chi connectivity index (χ1) is 11.4. The van der Waals surface area contributed by atoms with Crippen LogP contribution in [0.5, 0.6) is 0 Å². The van der Waals surface area contributed by atoms with Crippen LogP contribution in [0, 0.1) is 13.8 Å². The molecule has 0 fully saturated rings. The zero-order chi connectivity index (χ0) is 17.7. The number of carbonyl (C=O) groups is 2. The number of rotatable bonds is 5. The summed E-state index contributed by atoms with van der Waals surface area (Å²) in [5.41, 5.74) is 3.86. The van der Waals surface area contributed by atoms with Crippen molar-refractivity contribution in [2.75, 3.05) is 14.1 Å². The van der Waals surface area contributed by atoms with Gasteiger partial charge in [0.15, 0.2) is 0 Å². The molecule has 0 saturated carbocycles. The number of aryl methyl sites for hydroxylation is 2. The van der Waals surface area contributed by atoms with Gasteiger partial charge in [0.1, 0.15) is 0 Å². The van der Waals surface area contributed by atoms with E-state index >= 15 is 0 Å². The first kappa shape index (κ1) is 17.7. The molecule has 0 aliphatic rings. The molecule has 24 heavy (non-hydrogen) atoms. The van der Waals surface area contributed by atoms with Crippen LogP contribution in [-0.2, 0) is 20.7 Å². The molecule has 0 aliphatic heterocycles. The van der Waals surface area contributed by atoms with Crippen molar-refractivity contribution in [2.45, 2.75) is 26.4 Å². The molecular weight excluding hydrogens is 302 g/mol. The maximum atomic E-state index is 12.4. The number of esters is 1. The van der Waals surface area contributed by atoms with E-state index < -0.39 is 12.1 Å². The Morgan fingerprint density at radius 2 is 1.67 bits per heavy atom. The van der Waals surface area contributed by atoms with Crippen molar-refractivity contribution in [3.8, 4) is 0 Å². The van der Waals surface area contributed by atoms with Gasteiger partial charge in [-0.25, -0.2) is 0 Å². The highest BCUT2D eigenvalue weighted by Gasteiger charge is 2.26. The molecule has 2 aromatic carbocycles. The SMILES string of the molecule is Cc1ccc(CC(=O)O[C@@H](C(=O)N(C)C)c2ccccc2)cc1C. The van der Waals surface area contributed by atoms with Crippen LogP contribution in [0.4, 0.5) is 0 Å². The first-order valence-electron chi connectivity index (χ1n) is 7.90. The van der Waals surface area contributed by atoms with Gasteiger partial charge in [-0.3, -0.25) is 9.59 Å². The molecule has 0 unspecified atom stereocenters.